The highest BCUT2D eigenvalue weighted by Crippen LogP contribution is 2.13. The van der Waals surface area contributed by atoms with Gasteiger partial charge >= 0.3 is 0 Å². The van der Waals surface area contributed by atoms with Gasteiger partial charge in [0.15, 0.2) is 11.3 Å². The maximum atomic E-state index is 5.34. The fourth-order valence-electron chi connectivity index (χ4n) is 2.02. The Hall–Kier alpha value is -1.28. The standard InChI is InChI=1S/C14H16N4S.HI/c1-2-8-18-9-7-11(10-16-17-14(15)19)12-5-3-4-6-13(12)18;/h3-7,9-10H,2,8H2,1H3,(H2,15,19);1H. The maximum absolute atomic E-state index is 5.34. The lowest BCUT2D eigenvalue weighted by Gasteiger charge is -2.03. The van der Waals surface area contributed by atoms with Crippen LogP contribution in [0.1, 0.15) is 18.9 Å². The molecule has 0 aliphatic heterocycles. The third kappa shape index (κ3) is 4.11. The van der Waals surface area contributed by atoms with Gasteiger partial charge in [0.05, 0.1) is 11.6 Å². The summed E-state index contributed by atoms with van der Waals surface area (Å²) in [7, 11) is 0. The number of halogens is 1. The van der Waals surface area contributed by atoms with Crippen LogP contribution < -0.4 is 39.7 Å². The number of hydrogen-bond acceptors (Lipinski definition) is 2. The number of hydrazone groups is 1. The van der Waals surface area contributed by atoms with Crippen LogP contribution in [0.5, 0.6) is 0 Å². The summed E-state index contributed by atoms with van der Waals surface area (Å²) >= 11 is 4.71. The van der Waals surface area contributed by atoms with Gasteiger partial charge in [-0.05, 0) is 18.3 Å². The van der Waals surface area contributed by atoms with Crippen molar-refractivity contribution < 1.29 is 28.5 Å². The average molecular weight is 400 g/mol. The number of aromatic nitrogens is 1. The zero-order valence-electron chi connectivity index (χ0n) is 11.2. The molecular weight excluding hydrogens is 383 g/mol. The van der Waals surface area contributed by atoms with Gasteiger partial charge in [-0.25, -0.2) is 0 Å². The number of para-hydroxylation sites is 1. The van der Waals surface area contributed by atoms with Gasteiger partial charge in [0.2, 0.25) is 5.52 Å². The van der Waals surface area contributed by atoms with Gasteiger partial charge in [-0.3, -0.25) is 5.43 Å². The lowest BCUT2D eigenvalue weighted by molar-refractivity contribution is -0.671. The summed E-state index contributed by atoms with van der Waals surface area (Å²) in [5.41, 5.74) is 10.1. The zero-order chi connectivity index (χ0) is 13.7. The van der Waals surface area contributed by atoms with Crippen LogP contribution in [-0.2, 0) is 6.54 Å². The van der Waals surface area contributed by atoms with Crippen molar-refractivity contribution in [1.29, 1.82) is 0 Å². The largest absolute Gasteiger partial charge is 1.00 e. The molecule has 6 heteroatoms. The third-order valence-corrected chi connectivity index (χ3v) is 2.89. The molecular formula is C14H17IN4S. The topological polar surface area (TPSA) is 54.3 Å². The Morgan fingerprint density at radius 3 is 2.85 bits per heavy atom. The second-order valence-electron chi connectivity index (χ2n) is 4.22. The van der Waals surface area contributed by atoms with E-state index in [1.54, 1.807) is 6.21 Å². The maximum Gasteiger partial charge on any atom is 0.213 e. The van der Waals surface area contributed by atoms with Crippen LogP contribution >= 0.6 is 12.2 Å². The van der Waals surface area contributed by atoms with Gasteiger partial charge in [0.25, 0.3) is 0 Å². The van der Waals surface area contributed by atoms with Gasteiger partial charge in [-0.1, -0.05) is 19.1 Å². The molecule has 0 fully saturated rings. The minimum Gasteiger partial charge on any atom is -1.00 e. The quantitative estimate of drug-likeness (QED) is 0.221. The summed E-state index contributed by atoms with van der Waals surface area (Å²) in [5, 5.41) is 5.34. The molecule has 2 rings (SSSR count). The highest BCUT2D eigenvalue weighted by atomic mass is 127. The minimum atomic E-state index is 0. The van der Waals surface area contributed by atoms with E-state index >= 15 is 0 Å². The monoisotopic (exact) mass is 400 g/mol. The smallest absolute Gasteiger partial charge is 0.213 e. The predicted molar refractivity (Wildman–Crippen MR) is 81.9 cm³/mol. The van der Waals surface area contributed by atoms with E-state index < -0.39 is 0 Å². The Morgan fingerprint density at radius 1 is 1.40 bits per heavy atom. The molecule has 0 bridgehead atoms. The van der Waals surface area contributed by atoms with Crippen LogP contribution in [0.4, 0.5) is 0 Å². The van der Waals surface area contributed by atoms with E-state index in [1.807, 2.05) is 18.2 Å². The number of benzene rings is 1. The van der Waals surface area contributed by atoms with Gasteiger partial charge in [0.1, 0.15) is 6.54 Å². The van der Waals surface area contributed by atoms with Crippen LogP contribution in [-0.4, -0.2) is 11.3 Å². The Morgan fingerprint density at radius 2 is 2.15 bits per heavy atom. The zero-order valence-corrected chi connectivity index (χ0v) is 14.2. The molecule has 0 amide bonds. The van der Waals surface area contributed by atoms with Crippen molar-refractivity contribution in [2.45, 2.75) is 19.9 Å². The van der Waals surface area contributed by atoms with Crippen molar-refractivity contribution in [1.82, 2.24) is 5.43 Å². The fraction of sp³-hybridized carbons (Fsp3) is 0.214. The van der Waals surface area contributed by atoms with E-state index in [4.69, 9.17) is 18.0 Å². The number of hydrogen-bond donors (Lipinski definition) is 2. The molecule has 1 aromatic heterocycles. The second-order valence-corrected chi connectivity index (χ2v) is 4.66. The number of nitrogens with zero attached hydrogens (tertiary/aromatic N) is 2. The summed E-state index contributed by atoms with van der Waals surface area (Å²) in [4.78, 5) is 0. The normalized spacial score (nSPS) is 10.4. The van der Waals surface area contributed by atoms with Crippen LogP contribution in [0.2, 0.25) is 0 Å². The SMILES string of the molecule is CCC[n+]1ccc(/C=N\NC(N)=S)c2ccccc21.[I-]. The van der Waals surface area contributed by atoms with E-state index in [1.165, 1.54) is 5.52 Å². The van der Waals surface area contributed by atoms with E-state index in [0.29, 0.717) is 0 Å². The molecule has 1 aromatic carbocycles. The molecule has 2 aromatic rings. The first-order valence-electron chi connectivity index (χ1n) is 6.22. The van der Waals surface area contributed by atoms with Crippen LogP contribution in [0.15, 0.2) is 41.6 Å². The first-order chi connectivity index (χ1) is 9.22. The molecule has 1 heterocycles. The minimum absolute atomic E-state index is 0. The average Bonchev–Trinajstić information content (AvgIpc) is 2.41. The number of nitrogens with two attached hydrogens (primary N) is 1. The first-order valence-corrected chi connectivity index (χ1v) is 6.63. The highest BCUT2D eigenvalue weighted by Gasteiger charge is 2.09. The van der Waals surface area contributed by atoms with Crippen LogP contribution in [0, 0.1) is 0 Å². The number of thiocarbonyl (C=S) groups is 1. The van der Waals surface area contributed by atoms with Gasteiger partial charge in [0, 0.05) is 24.1 Å². The van der Waals surface area contributed by atoms with Crippen molar-refractivity contribution in [3.63, 3.8) is 0 Å². The number of fused-ring (bicyclic) bond motifs is 1. The van der Waals surface area contributed by atoms with Crippen molar-refractivity contribution >= 4 is 34.4 Å². The third-order valence-electron chi connectivity index (χ3n) is 2.80. The molecule has 0 unspecified atom stereocenters. The van der Waals surface area contributed by atoms with E-state index in [2.05, 4.69) is 40.3 Å². The number of rotatable bonds is 4. The molecule has 4 nitrogen and oxygen atoms in total. The Balaban J connectivity index is 0.00000200. The molecule has 0 aliphatic carbocycles. The van der Waals surface area contributed by atoms with E-state index in [0.717, 1.165) is 23.9 Å². The summed E-state index contributed by atoms with van der Waals surface area (Å²) < 4.78 is 2.24. The van der Waals surface area contributed by atoms with Crippen LogP contribution in [0.25, 0.3) is 10.9 Å². The van der Waals surface area contributed by atoms with Gasteiger partial charge in [-0.15, -0.1) is 0 Å². The molecule has 20 heavy (non-hydrogen) atoms. The first kappa shape index (κ1) is 16.8. The molecule has 0 aliphatic rings. The highest BCUT2D eigenvalue weighted by molar-refractivity contribution is 7.80. The summed E-state index contributed by atoms with van der Waals surface area (Å²) in [6.07, 6.45) is 4.91. The van der Waals surface area contributed by atoms with Crippen molar-refractivity contribution in [3.05, 3.63) is 42.1 Å². The van der Waals surface area contributed by atoms with Crippen LogP contribution in [0.3, 0.4) is 0 Å². The molecule has 0 saturated carbocycles. The number of nitrogens with one attached hydrogen (secondary N) is 1. The Labute approximate surface area is 141 Å². The molecule has 106 valence electrons. The molecule has 0 spiro atoms. The van der Waals surface area contributed by atoms with Crippen molar-refractivity contribution in [2.24, 2.45) is 10.8 Å². The second kappa shape index (κ2) is 8.11. The Kier molecular flexibility index (Phi) is 6.80. The lowest BCUT2D eigenvalue weighted by Crippen LogP contribution is -3.00. The lowest BCUT2D eigenvalue weighted by atomic mass is 10.1. The van der Waals surface area contributed by atoms with Gasteiger partial charge < -0.3 is 29.7 Å². The van der Waals surface area contributed by atoms with E-state index in [-0.39, 0.29) is 29.1 Å². The number of pyridine rings is 1. The van der Waals surface area contributed by atoms with Gasteiger partial charge in [-0.2, -0.15) is 9.67 Å². The molecule has 0 atom stereocenters. The summed E-state index contributed by atoms with van der Waals surface area (Å²) in [6, 6.07) is 10.3. The van der Waals surface area contributed by atoms with E-state index in [9.17, 15) is 0 Å². The summed E-state index contributed by atoms with van der Waals surface area (Å²) in [6.45, 7) is 3.17. The molecule has 0 saturated heterocycles. The molecule has 0 radical (unpaired) electrons. The summed E-state index contributed by atoms with van der Waals surface area (Å²) in [5.74, 6) is 0. The predicted octanol–water partition coefficient (Wildman–Crippen LogP) is -1.29. The van der Waals surface area contributed by atoms with Crippen molar-refractivity contribution in [2.75, 3.05) is 0 Å². The Bertz CT molecular complexity index is 628. The molecule has 3 N–H and O–H groups in total. The van der Waals surface area contributed by atoms with Crippen molar-refractivity contribution in [3.8, 4) is 0 Å². The fourth-order valence-corrected chi connectivity index (χ4v) is 2.08. The number of aryl methyl sites for hydroxylation is 1.